The van der Waals surface area contributed by atoms with Crippen LogP contribution in [0.2, 0.25) is 0 Å². The highest BCUT2D eigenvalue weighted by Crippen LogP contribution is 2.44. The summed E-state index contributed by atoms with van der Waals surface area (Å²) >= 11 is 1.59. The maximum absolute atomic E-state index is 13.7. The fourth-order valence-corrected chi connectivity index (χ4v) is 6.56. The van der Waals surface area contributed by atoms with Crippen LogP contribution in [0.1, 0.15) is 59.4 Å². The predicted molar refractivity (Wildman–Crippen MR) is 136 cm³/mol. The van der Waals surface area contributed by atoms with E-state index in [0.717, 1.165) is 48.3 Å². The van der Waals surface area contributed by atoms with Crippen LogP contribution in [-0.2, 0) is 9.53 Å². The van der Waals surface area contributed by atoms with Crippen molar-refractivity contribution < 1.29 is 14.3 Å². The van der Waals surface area contributed by atoms with E-state index in [2.05, 4.69) is 24.1 Å². The van der Waals surface area contributed by atoms with Gasteiger partial charge in [0.15, 0.2) is 0 Å². The second-order valence-electron chi connectivity index (χ2n) is 9.87. The zero-order chi connectivity index (χ0) is 24.1. The minimum absolute atomic E-state index is 0.0128. The molecular formula is C27H37N3O3S. The van der Waals surface area contributed by atoms with Crippen molar-refractivity contribution in [2.45, 2.75) is 38.6 Å². The van der Waals surface area contributed by atoms with Crippen LogP contribution >= 0.6 is 11.3 Å². The first-order valence-electron chi connectivity index (χ1n) is 12.4. The molecule has 2 aliphatic heterocycles. The second-order valence-corrected chi connectivity index (χ2v) is 10.8. The quantitative estimate of drug-likeness (QED) is 0.544. The Morgan fingerprint density at radius 2 is 1.88 bits per heavy atom. The maximum atomic E-state index is 13.7. The van der Waals surface area contributed by atoms with E-state index in [0.29, 0.717) is 25.3 Å². The number of methoxy groups -OCH3 is 1. The molecule has 1 aromatic carbocycles. The zero-order valence-electron chi connectivity index (χ0n) is 20.5. The third kappa shape index (κ3) is 5.53. The summed E-state index contributed by atoms with van der Waals surface area (Å²) < 4.78 is 5.30. The van der Waals surface area contributed by atoms with Gasteiger partial charge >= 0.3 is 0 Å². The van der Waals surface area contributed by atoms with E-state index in [1.54, 1.807) is 18.4 Å². The van der Waals surface area contributed by atoms with E-state index in [-0.39, 0.29) is 17.9 Å². The van der Waals surface area contributed by atoms with Crippen LogP contribution in [0.15, 0.2) is 41.8 Å². The van der Waals surface area contributed by atoms with Gasteiger partial charge in [0.1, 0.15) is 0 Å². The lowest BCUT2D eigenvalue weighted by Gasteiger charge is -2.41. The molecule has 0 saturated carbocycles. The van der Waals surface area contributed by atoms with Crippen molar-refractivity contribution in [1.82, 2.24) is 15.1 Å². The molecule has 3 heterocycles. The number of amides is 2. The maximum Gasteiger partial charge on any atom is 0.254 e. The van der Waals surface area contributed by atoms with Crippen LogP contribution in [0.3, 0.4) is 0 Å². The first-order chi connectivity index (χ1) is 16.5. The van der Waals surface area contributed by atoms with E-state index in [1.807, 2.05) is 46.7 Å². The number of benzene rings is 1. The Kier molecular flexibility index (Phi) is 8.40. The van der Waals surface area contributed by atoms with Crippen molar-refractivity contribution in [3.05, 3.63) is 57.8 Å². The Balaban J connectivity index is 1.50. The average molecular weight is 484 g/mol. The number of likely N-dealkylation sites (tertiary alicyclic amines) is 1. The molecule has 1 fully saturated rings. The summed E-state index contributed by atoms with van der Waals surface area (Å²) in [7, 11) is 1.64. The number of ether oxygens (including phenoxy) is 1. The van der Waals surface area contributed by atoms with Gasteiger partial charge in [-0.3, -0.25) is 9.59 Å². The van der Waals surface area contributed by atoms with Gasteiger partial charge in [0.2, 0.25) is 5.91 Å². The molecule has 7 heteroatoms. The molecule has 0 radical (unpaired) electrons. The number of thiophene rings is 1. The van der Waals surface area contributed by atoms with Crippen LogP contribution in [0.4, 0.5) is 0 Å². The molecule has 1 aromatic heterocycles. The summed E-state index contributed by atoms with van der Waals surface area (Å²) in [6.45, 7) is 9.45. The number of nitrogens with zero attached hydrogens (tertiary/aromatic N) is 2. The summed E-state index contributed by atoms with van der Waals surface area (Å²) in [5, 5.41) is 5.21. The topological polar surface area (TPSA) is 61.9 Å². The Morgan fingerprint density at radius 1 is 1.12 bits per heavy atom. The normalized spacial score (nSPS) is 25.3. The van der Waals surface area contributed by atoms with Crippen LogP contribution in [0.25, 0.3) is 0 Å². The molecule has 0 aliphatic carbocycles. The highest BCUT2D eigenvalue weighted by Gasteiger charge is 2.44. The number of fused-ring (bicyclic) bond motifs is 1. The number of piperidine rings is 1. The molecule has 2 aliphatic rings. The molecule has 4 atom stereocenters. The van der Waals surface area contributed by atoms with Crippen molar-refractivity contribution in [1.29, 1.82) is 0 Å². The molecule has 1 N–H and O–H groups in total. The van der Waals surface area contributed by atoms with Crippen molar-refractivity contribution in [2.24, 2.45) is 11.8 Å². The molecule has 34 heavy (non-hydrogen) atoms. The number of hydrogen-bond donors (Lipinski definition) is 1. The van der Waals surface area contributed by atoms with Gasteiger partial charge in [-0.25, -0.2) is 0 Å². The van der Waals surface area contributed by atoms with Gasteiger partial charge in [-0.05, 0) is 54.3 Å². The van der Waals surface area contributed by atoms with E-state index in [4.69, 9.17) is 4.74 Å². The molecule has 4 rings (SSSR count). The van der Waals surface area contributed by atoms with E-state index < -0.39 is 5.92 Å². The molecule has 6 nitrogen and oxygen atoms in total. The van der Waals surface area contributed by atoms with Gasteiger partial charge in [0.05, 0.1) is 18.6 Å². The first kappa shape index (κ1) is 24.9. The summed E-state index contributed by atoms with van der Waals surface area (Å²) in [6.07, 6.45) is 2.23. The third-order valence-electron chi connectivity index (χ3n) is 6.99. The van der Waals surface area contributed by atoms with Gasteiger partial charge in [-0.15, -0.1) is 11.3 Å². The van der Waals surface area contributed by atoms with Crippen LogP contribution in [-0.4, -0.2) is 68.1 Å². The fourth-order valence-electron chi connectivity index (χ4n) is 5.69. The minimum Gasteiger partial charge on any atom is -0.383 e. The van der Waals surface area contributed by atoms with Gasteiger partial charge in [0, 0.05) is 43.7 Å². The fraction of sp³-hybridized carbons (Fsp3) is 0.556. The van der Waals surface area contributed by atoms with Gasteiger partial charge in [-0.2, -0.15) is 0 Å². The lowest BCUT2D eigenvalue weighted by Crippen LogP contribution is -2.48. The minimum atomic E-state index is -0.445. The van der Waals surface area contributed by atoms with Gasteiger partial charge in [-0.1, -0.05) is 38.1 Å². The Morgan fingerprint density at radius 3 is 2.59 bits per heavy atom. The average Bonchev–Trinajstić information content (AvgIpc) is 3.35. The van der Waals surface area contributed by atoms with E-state index >= 15 is 0 Å². The Labute approximate surface area is 207 Å². The standard InChI is InChI=1S/C27H37N3O3S/c1-19-16-20(2)18-29(17-19)12-7-11-28-26(31)24-21-8-4-5-9-22(21)27(32)30(13-14-33-3)25(24)23-10-6-15-34-23/h4-6,8-10,15,19-20,24-25H,7,11-14,16-18H2,1-3H3,(H,28,31)/t19-,20-,24+,25-/m1/s1. The highest BCUT2D eigenvalue weighted by molar-refractivity contribution is 7.10. The number of hydrogen-bond acceptors (Lipinski definition) is 5. The van der Waals surface area contributed by atoms with E-state index in [1.165, 1.54) is 6.42 Å². The van der Waals surface area contributed by atoms with Crippen molar-refractivity contribution in [3.8, 4) is 0 Å². The summed E-state index contributed by atoms with van der Waals surface area (Å²) in [6, 6.07) is 11.2. The van der Waals surface area contributed by atoms with Crippen LogP contribution in [0.5, 0.6) is 0 Å². The molecule has 0 bridgehead atoms. The molecular weight excluding hydrogens is 446 g/mol. The zero-order valence-corrected chi connectivity index (χ0v) is 21.4. The Hall–Kier alpha value is -2.22. The molecule has 184 valence electrons. The second kappa shape index (κ2) is 11.5. The van der Waals surface area contributed by atoms with Crippen LogP contribution < -0.4 is 5.32 Å². The monoisotopic (exact) mass is 483 g/mol. The first-order valence-corrected chi connectivity index (χ1v) is 13.3. The smallest absolute Gasteiger partial charge is 0.254 e. The Bertz CT molecular complexity index is 954. The highest BCUT2D eigenvalue weighted by atomic mass is 32.1. The van der Waals surface area contributed by atoms with Gasteiger partial charge in [0.25, 0.3) is 5.91 Å². The molecule has 2 amide bonds. The lowest BCUT2D eigenvalue weighted by molar-refractivity contribution is -0.124. The number of carbonyl (C=O) groups is 2. The SMILES string of the molecule is COCCN1C(=O)c2ccccc2[C@H](C(=O)NCCCN2C[C@H](C)C[C@@H](C)C2)[C@H]1c1cccs1. The number of nitrogens with one attached hydrogen (secondary N) is 1. The van der Waals surface area contributed by atoms with Crippen LogP contribution in [0, 0.1) is 11.8 Å². The molecule has 1 saturated heterocycles. The predicted octanol–water partition coefficient (Wildman–Crippen LogP) is 4.16. The largest absolute Gasteiger partial charge is 0.383 e. The number of carbonyl (C=O) groups excluding carboxylic acids is 2. The molecule has 0 spiro atoms. The van der Waals surface area contributed by atoms with E-state index in [9.17, 15) is 9.59 Å². The third-order valence-corrected chi connectivity index (χ3v) is 7.93. The van der Waals surface area contributed by atoms with Crippen molar-refractivity contribution in [2.75, 3.05) is 46.4 Å². The number of rotatable bonds is 9. The van der Waals surface area contributed by atoms with Gasteiger partial charge < -0.3 is 19.9 Å². The lowest BCUT2D eigenvalue weighted by atomic mass is 9.81. The summed E-state index contributed by atoms with van der Waals surface area (Å²) in [5.74, 6) is 0.975. The van der Waals surface area contributed by atoms with Crippen molar-refractivity contribution in [3.63, 3.8) is 0 Å². The van der Waals surface area contributed by atoms with Crippen molar-refractivity contribution >= 4 is 23.2 Å². The summed E-state index contributed by atoms with van der Waals surface area (Å²) in [4.78, 5) is 32.5. The molecule has 2 aromatic rings. The summed E-state index contributed by atoms with van der Waals surface area (Å²) in [5.41, 5.74) is 1.43. The molecule has 0 unspecified atom stereocenters.